The molecule has 0 fully saturated rings. The number of pyridine rings is 1. The van der Waals surface area contributed by atoms with Crippen LogP contribution in [0.5, 0.6) is 0 Å². The van der Waals surface area contributed by atoms with Crippen molar-refractivity contribution in [3.8, 4) is 0 Å². The molecule has 0 spiro atoms. The number of aryl methyl sites for hydroxylation is 1. The van der Waals surface area contributed by atoms with Crippen molar-refractivity contribution in [1.82, 2.24) is 4.98 Å². The molecule has 60 valence electrons. The van der Waals surface area contributed by atoms with Gasteiger partial charge < -0.3 is 3.07 Å². The van der Waals surface area contributed by atoms with E-state index < -0.39 is 0 Å². The first-order valence-corrected chi connectivity index (χ1v) is 4.42. The van der Waals surface area contributed by atoms with Gasteiger partial charge in [0.1, 0.15) is 29.6 Å². The lowest BCUT2D eigenvalue weighted by Crippen LogP contribution is -1.90. The van der Waals surface area contributed by atoms with Gasteiger partial charge in [0.2, 0.25) is 0 Å². The van der Waals surface area contributed by atoms with Crippen molar-refractivity contribution >= 4 is 23.0 Å². The molecule has 0 aliphatic rings. The topological polar surface area (TPSA) is 22.1 Å². The third kappa shape index (κ3) is 2.75. The predicted molar refractivity (Wildman–Crippen MR) is 52.4 cm³/mol. The molecule has 11 heavy (non-hydrogen) atoms. The molecule has 0 aliphatic carbocycles. The third-order valence-corrected chi connectivity index (χ3v) is 1.80. The Labute approximate surface area is 80.7 Å². The van der Waals surface area contributed by atoms with Crippen molar-refractivity contribution in [2.75, 3.05) is 0 Å². The summed E-state index contributed by atoms with van der Waals surface area (Å²) in [6.45, 7) is 2.72. The zero-order chi connectivity index (χ0) is 8.10. The van der Waals surface area contributed by atoms with E-state index in [2.05, 4.69) is 18.0 Å². The van der Waals surface area contributed by atoms with Gasteiger partial charge in [-0.25, -0.2) is 0 Å². The van der Waals surface area contributed by atoms with Gasteiger partial charge >= 0.3 is 0 Å². The summed E-state index contributed by atoms with van der Waals surface area (Å²) in [6.07, 6.45) is 2.88. The number of rotatable bonds is 3. The van der Waals surface area contributed by atoms with E-state index in [0.29, 0.717) is 6.61 Å². The fourth-order valence-electron chi connectivity index (χ4n) is 0.883. The van der Waals surface area contributed by atoms with Gasteiger partial charge in [0, 0.05) is 6.20 Å². The molecule has 2 nitrogen and oxygen atoms in total. The molecule has 1 heterocycles. The number of halogens is 1. The average Bonchev–Trinajstić information content (AvgIpc) is 2.06. The minimum Gasteiger partial charge on any atom is -0.309 e. The quantitative estimate of drug-likeness (QED) is 0.782. The molecule has 0 amide bonds. The van der Waals surface area contributed by atoms with E-state index in [0.717, 1.165) is 12.1 Å². The van der Waals surface area contributed by atoms with Crippen LogP contribution in [0, 0.1) is 0 Å². The van der Waals surface area contributed by atoms with Gasteiger partial charge in [0.15, 0.2) is 0 Å². The van der Waals surface area contributed by atoms with Crippen molar-refractivity contribution in [1.29, 1.82) is 0 Å². The SMILES string of the molecule is CCc1ccnc(COI)c1. The van der Waals surface area contributed by atoms with Crippen molar-refractivity contribution in [2.45, 2.75) is 20.0 Å². The van der Waals surface area contributed by atoms with Gasteiger partial charge in [-0.15, -0.1) is 0 Å². The highest BCUT2D eigenvalue weighted by Gasteiger charge is 1.94. The Bertz CT molecular complexity index is 227. The van der Waals surface area contributed by atoms with Crippen LogP contribution in [0.4, 0.5) is 0 Å². The van der Waals surface area contributed by atoms with E-state index in [-0.39, 0.29) is 0 Å². The Hall–Kier alpha value is -0.160. The van der Waals surface area contributed by atoms with Crippen LogP contribution in [-0.2, 0) is 16.1 Å². The molecule has 0 saturated carbocycles. The van der Waals surface area contributed by atoms with Gasteiger partial charge in [-0.05, 0) is 24.1 Å². The van der Waals surface area contributed by atoms with Gasteiger partial charge in [-0.2, -0.15) is 0 Å². The van der Waals surface area contributed by atoms with E-state index in [9.17, 15) is 0 Å². The standard InChI is InChI=1S/C8H10INO/c1-2-7-3-4-10-8(5-7)6-11-9/h3-5H,2,6H2,1H3. The van der Waals surface area contributed by atoms with E-state index in [4.69, 9.17) is 3.07 Å². The Kier molecular flexibility index (Phi) is 3.79. The minimum atomic E-state index is 0.592. The zero-order valence-electron chi connectivity index (χ0n) is 6.38. The van der Waals surface area contributed by atoms with Gasteiger partial charge in [0.25, 0.3) is 0 Å². The van der Waals surface area contributed by atoms with Crippen LogP contribution in [0.15, 0.2) is 18.3 Å². The molecule has 1 rings (SSSR count). The van der Waals surface area contributed by atoms with Crippen LogP contribution in [0.25, 0.3) is 0 Å². The van der Waals surface area contributed by atoms with Crippen molar-refractivity contribution < 1.29 is 3.07 Å². The second-order valence-electron chi connectivity index (χ2n) is 2.26. The normalized spacial score (nSPS) is 10.0. The third-order valence-electron chi connectivity index (χ3n) is 1.49. The molecule has 0 saturated heterocycles. The van der Waals surface area contributed by atoms with E-state index in [1.165, 1.54) is 5.56 Å². The molecule has 0 radical (unpaired) electrons. The largest absolute Gasteiger partial charge is 0.309 e. The summed E-state index contributed by atoms with van der Waals surface area (Å²) in [6, 6.07) is 4.09. The predicted octanol–water partition coefficient (Wildman–Crippen LogP) is 2.51. The molecule has 0 bridgehead atoms. The molecule has 0 unspecified atom stereocenters. The van der Waals surface area contributed by atoms with E-state index in [1.54, 1.807) is 0 Å². The van der Waals surface area contributed by atoms with Crippen molar-refractivity contribution in [3.05, 3.63) is 29.6 Å². The highest BCUT2D eigenvalue weighted by Crippen LogP contribution is 2.04. The molecule has 3 heteroatoms. The highest BCUT2D eigenvalue weighted by atomic mass is 127. The second kappa shape index (κ2) is 4.66. The first-order chi connectivity index (χ1) is 5.36. The first-order valence-electron chi connectivity index (χ1n) is 3.54. The lowest BCUT2D eigenvalue weighted by molar-refractivity contribution is 0.410. The summed E-state index contributed by atoms with van der Waals surface area (Å²) in [5.41, 5.74) is 2.31. The molecule has 1 aromatic rings. The highest BCUT2D eigenvalue weighted by molar-refractivity contribution is 14.1. The van der Waals surface area contributed by atoms with Crippen molar-refractivity contribution in [2.24, 2.45) is 0 Å². The number of hydrogen-bond donors (Lipinski definition) is 0. The smallest absolute Gasteiger partial charge is 0.110 e. The first kappa shape index (κ1) is 8.93. The van der Waals surface area contributed by atoms with Crippen LogP contribution in [0.2, 0.25) is 0 Å². The summed E-state index contributed by atoms with van der Waals surface area (Å²) in [5, 5.41) is 0. The molecule has 0 atom stereocenters. The number of nitrogens with zero attached hydrogens (tertiary/aromatic N) is 1. The van der Waals surface area contributed by atoms with Crippen LogP contribution in [0.3, 0.4) is 0 Å². The lowest BCUT2D eigenvalue weighted by Gasteiger charge is -1.99. The number of hydrogen-bond acceptors (Lipinski definition) is 2. The van der Waals surface area contributed by atoms with Crippen molar-refractivity contribution in [3.63, 3.8) is 0 Å². The Morgan fingerprint density at radius 2 is 2.45 bits per heavy atom. The number of aromatic nitrogens is 1. The van der Waals surface area contributed by atoms with Gasteiger partial charge in [0.05, 0.1) is 5.69 Å². The fraction of sp³-hybridized carbons (Fsp3) is 0.375. The molecular formula is C8H10INO. The van der Waals surface area contributed by atoms with Gasteiger partial charge in [-0.1, -0.05) is 6.92 Å². The lowest BCUT2D eigenvalue weighted by atomic mass is 10.2. The van der Waals surface area contributed by atoms with E-state index in [1.807, 2.05) is 35.3 Å². The maximum Gasteiger partial charge on any atom is 0.110 e. The Balaban J connectivity index is 2.74. The van der Waals surface area contributed by atoms with Crippen LogP contribution < -0.4 is 0 Å². The summed E-state index contributed by atoms with van der Waals surface area (Å²) in [7, 11) is 0. The van der Waals surface area contributed by atoms with Gasteiger partial charge in [-0.3, -0.25) is 4.98 Å². The monoisotopic (exact) mass is 263 g/mol. The van der Waals surface area contributed by atoms with Crippen LogP contribution in [-0.4, -0.2) is 4.98 Å². The Morgan fingerprint density at radius 1 is 1.64 bits per heavy atom. The van der Waals surface area contributed by atoms with Crippen LogP contribution in [0.1, 0.15) is 18.2 Å². The second-order valence-corrected chi connectivity index (χ2v) is 2.89. The molecule has 0 aliphatic heterocycles. The maximum atomic E-state index is 4.93. The summed E-state index contributed by atoms with van der Waals surface area (Å²) in [4.78, 5) is 4.15. The van der Waals surface area contributed by atoms with E-state index >= 15 is 0 Å². The average molecular weight is 263 g/mol. The molecular weight excluding hydrogens is 253 g/mol. The summed E-state index contributed by atoms with van der Waals surface area (Å²) < 4.78 is 4.93. The molecule has 1 aromatic heterocycles. The fourth-order valence-corrected chi connectivity index (χ4v) is 1.20. The molecule has 0 N–H and O–H groups in total. The molecule has 0 aromatic carbocycles. The zero-order valence-corrected chi connectivity index (χ0v) is 8.54. The maximum absolute atomic E-state index is 4.93. The Morgan fingerprint density at radius 3 is 3.09 bits per heavy atom. The summed E-state index contributed by atoms with van der Waals surface area (Å²) in [5.74, 6) is 0. The van der Waals surface area contributed by atoms with Crippen LogP contribution >= 0.6 is 23.0 Å². The summed E-state index contributed by atoms with van der Waals surface area (Å²) >= 11 is 1.87. The minimum absolute atomic E-state index is 0.592.